The maximum Gasteiger partial charge on any atom is 0.141 e. The Morgan fingerprint density at radius 1 is 1.09 bits per heavy atom. The highest BCUT2D eigenvalue weighted by molar-refractivity contribution is 5.89. The Bertz CT molecular complexity index is 550. The lowest BCUT2D eigenvalue weighted by atomic mass is 9.48. The standard InChI is InChI=1S/C20H29FO/c1-12-10-16-13-11-17(21)15-6-4-5-8-19(15,2)14(13)7-9-20(16,3)18(12)22/h12-14,16H,4-11H2,1-3H3/t12?,13-,14-,16+,19-,20+/m1/s1. The van der Waals surface area contributed by atoms with Crippen molar-refractivity contribution in [3.63, 3.8) is 0 Å². The monoisotopic (exact) mass is 304 g/mol. The molecule has 0 aromatic heterocycles. The minimum Gasteiger partial charge on any atom is -0.299 e. The van der Waals surface area contributed by atoms with E-state index in [1.54, 1.807) is 0 Å². The highest BCUT2D eigenvalue weighted by Gasteiger charge is 2.60. The van der Waals surface area contributed by atoms with Crippen molar-refractivity contribution in [2.45, 2.75) is 72.1 Å². The van der Waals surface area contributed by atoms with Crippen LogP contribution in [0.25, 0.3) is 0 Å². The minimum absolute atomic E-state index is 0.0848. The molecule has 3 saturated carbocycles. The second kappa shape index (κ2) is 4.68. The molecule has 122 valence electrons. The quantitative estimate of drug-likeness (QED) is 0.581. The Kier molecular flexibility index (Phi) is 3.17. The largest absolute Gasteiger partial charge is 0.299 e. The second-order valence-electron chi connectivity index (χ2n) is 9.05. The summed E-state index contributed by atoms with van der Waals surface area (Å²) in [4.78, 5) is 12.7. The first-order valence-electron chi connectivity index (χ1n) is 9.30. The van der Waals surface area contributed by atoms with E-state index in [2.05, 4.69) is 20.8 Å². The molecule has 0 radical (unpaired) electrons. The van der Waals surface area contributed by atoms with E-state index in [1.165, 1.54) is 6.42 Å². The van der Waals surface area contributed by atoms with Crippen LogP contribution in [-0.2, 0) is 4.79 Å². The van der Waals surface area contributed by atoms with Gasteiger partial charge in [-0.2, -0.15) is 0 Å². The van der Waals surface area contributed by atoms with Gasteiger partial charge in [-0.1, -0.05) is 27.2 Å². The Balaban J connectivity index is 1.75. The number of carbonyl (C=O) groups is 1. The van der Waals surface area contributed by atoms with Crippen molar-refractivity contribution in [2.24, 2.45) is 34.5 Å². The number of fused-ring (bicyclic) bond motifs is 5. The first-order chi connectivity index (χ1) is 10.4. The number of carbonyl (C=O) groups excluding carboxylic acids is 1. The molecule has 22 heavy (non-hydrogen) atoms. The van der Waals surface area contributed by atoms with Crippen molar-refractivity contribution in [3.05, 3.63) is 11.4 Å². The average molecular weight is 304 g/mol. The first kappa shape index (κ1) is 14.9. The molecule has 2 heteroatoms. The van der Waals surface area contributed by atoms with Crippen LogP contribution in [0.3, 0.4) is 0 Å². The van der Waals surface area contributed by atoms with Gasteiger partial charge in [0.25, 0.3) is 0 Å². The van der Waals surface area contributed by atoms with Crippen LogP contribution < -0.4 is 0 Å². The number of allylic oxidation sites excluding steroid dienone is 2. The second-order valence-corrected chi connectivity index (χ2v) is 9.05. The third-order valence-corrected chi connectivity index (χ3v) is 8.07. The minimum atomic E-state index is -0.163. The molecule has 0 bridgehead atoms. The SMILES string of the molecule is CC1C[C@H]2[C@@H]3CC(F)=C4CCCC[C@]4(C)[C@@H]3CC[C@]2(C)C1=O. The lowest BCUT2D eigenvalue weighted by Gasteiger charge is -2.56. The zero-order chi connectivity index (χ0) is 15.7. The molecule has 0 spiro atoms. The van der Waals surface area contributed by atoms with Crippen LogP contribution in [0, 0.1) is 34.5 Å². The molecule has 0 heterocycles. The number of hydrogen-bond acceptors (Lipinski definition) is 1. The van der Waals surface area contributed by atoms with E-state index in [4.69, 9.17) is 0 Å². The van der Waals surface area contributed by atoms with E-state index in [0.29, 0.717) is 30.0 Å². The van der Waals surface area contributed by atoms with E-state index >= 15 is 0 Å². The summed E-state index contributed by atoms with van der Waals surface area (Å²) in [6.07, 6.45) is 8.31. The fraction of sp³-hybridized carbons (Fsp3) is 0.850. The van der Waals surface area contributed by atoms with Gasteiger partial charge in [0.05, 0.1) is 5.83 Å². The average Bonchev–Trinajstić information content (AvgIpc) is 2.71. The molecule has 3 fully saturated rings. The van der Waals surface area contributed by atoms with Crippen molar-refractivity contribution in [2.75, 3.05) is 0 Å². The smallest absolute Gasteiger partial charge is 0.141 e. The highest BCUT2D eigenvalue weighted by atomic mass is 19.1. The maximum atomic E-state index is 14.9. The molecule has 1 nitrogen and oxygen atoms in total. The van der Waals surface area contributed by atoms with E-state index in [9.17, 15) is 9.18 Å². The van der Waals surface area contributed by atoms with Crippen LogP contribution in [-0.4, -0.2) is 5.78 Å². The lowest BCUT2D eigenvalue weighted by molar-refractivity contribution is -0.134. The normalized spacial score (nSPS) is 51.4. The van der Waals surface area contributed by atoms with Crippen LogP contribution in [0.5, 0.6) is 0 Å². The molecule has 4 aliphatic rings. The van der Waals surface area contributed by atoms with E-state index in [-0.39, 0.29) is 22.6 Å². The van der Waals surface area contributed by atoms with E-state index in [0.717, 1.165) is 44.1 Å². The predicted molar refractivity (Wildman–Crippen MR) is 85.9 cm³/mol. The number of halogens is 1. The van der Waals surface area contributed by atoms with Crippen molar-refractivity contribution >= 4 is 5.78 Å². The summed E-state index contributed by atoms with van der Waals surface area (Å²) in [6.45, 7) is 6.60. The third-order valence-electron chi connectivity index (χ3n) is 8.07. The van der Waals surface area contributed by atoms with Gasteiger partial charge < -0.3 is 0 Å². The van der Waals surface area contributed by atoms with Crippen molar-refractivity contribution < 1.29 is 9.18 Å². The van der Waals surface area contributed by atoms with Crippen molar-refractivity contribution in [3.8, 4) is 0 Å². The summed E-state index contributed by atoms with van der Waals surface area (Å²) in [5.74, 6) is 2.26. The topological polar surface area (TPSA) is 17.1 Å². The van der Waals surface area contributed by atoms with Gasteiger partial charge in [0.1, 0.15) is 5.78 Å². The van der Waals surface area contributed by atoms with Crippen molar-refractivity contribution in [1.82, 2.24) is 0 Å². The van der Waals surface area contributed by atoms with Gasteiger partial charge in [-0.05, 0) is 67.3 Å². The fourth-order valence-corrected chi connectivity index (χ4v) is 6.89. The van der Waals surface area contributed by atoms with Gasteiger partial charge in [0, 0.05) is 17.8 Å². The molecule has 0 aromatic rings. The van der Waals surface area contributed by atoms with E-state index < -0.39 is 0 Å². The summed E-state index contributed by atoms with van der Waals surface area (Å²) in [5, 5.41) is 0. The fourth-order valence-electron chi connectivity index (χ4n) is 6.89. The molecule has 4 aliphatic carbocycles. The molecular weight excluding hydrogens is 275 g/mol. The van der Waals surface area contributed by atoms with Crippen LogP contribution in [0.2, 0.25) is 0 Å². The summed E-state index contributed by atoms with van der Waals surface area (Å²) in [6, 6.07) is 0. The predicted octanol–water partition coefficient (Wildman–Crippen LogP) is 5.45. The Morgan fingerprint density at radius 3 is 2.64 bits per heavy atom. The van der Waals surface area contributed by atoms with Crippen LogP contribution in [0.4, 0.5) is 4.39 Å². The molecule has 0 amide bonds. The zero-order valence-electron chi connectivity index (χ0n) is 14.3. The Hall–Kier alpha value is -0.660. The van der Waals surface area contributed by atoms with Gasteiger partial charge >= 0.3 is 0 Å². The molecule has 0 aromatic carbocycles. The molecule has 0 aliphatic heterocycles. The molecule has 6 atom stereocenters. The number of ketones is 1. The van der Waals surface area contributed by atoms with Crippen LogP contribution in [0.15, 0.2) is 11.4 Å². The van der Waals surface area contributed by atoms with Gasteiger partial charge in [-0.15, -0.1) is 0 Å². The number of rotatable bonds is 0. The highest BCUT2D eigenvalue weighted by Crippen LogP contribution is 2.65. The lowest BCUT2D eigenvalue weighted by Crippen LogP contribution is -2.50. The summed E-state index contributed by atoms with van der Waals surface area (Å²) >= 11 is 0. The number of Topliss-reactive ketones (excluding diaryl/α,β-unsaturated/α-hetero) is 1. The summed E-state index contributed by atoms with van der Waals surface area (Å²) < 4.78 is 14.9. The zero-order valence-corrected chi connectivity index (χ0v) is 14.3. The van der Waals surface area contributed by atoms with Gasteiger partial charge in [-0.25, -0.2) is 4.39 Å². The van der Waals surface area contributed by atoms with Crippen LogP contribution >= 0.6 is 0 Å². The molecule has 1 unspecified atom stereocenters. The van der Waals surface area contributed by atoms with E-state index in [1.807, 2.05) is 0 Å². The van der Waals surface area contributed by atoms with Gasteiger partial charge in [0.2, 0.25) is 0 Å². The van der Waals surface area contributed by atoms with Gasteiger partial charge in [0.15, 0.2) is 0 Å². The van der Waals surface area contributed by atoms with Gasteiger partial charge in [-0.3, -0.25) is 4.79 Å². The first-order valence-corrected chi connectivity index (χ1v) is 9.30. The summed E-state index contributed by atoms with van der Waals surface area (Å²) in [7, 11) is 0. The molecule has 0 saturated heterocycles. The maximum absolute atomic E-state index is 14.9. The molecule has 4 rings (SSSR count). The van der Waals surface area contributed by atoms with Crippen molar-refractivity contribution in [1.29, 1.82) is 0 Å². The summed E-state index contributed by atoms with van der Waals surface area (Å²) in [5.41, 5.74) is 1.08. The number of hydrogen-bond donors (Lipinski definition) is 0. The van der Waals surface area contributed by atoms with Crippen LogP contribution in [0.1, 0.15) is 72.1 Å². The Morgan fingerprint density at radius 2 is 1.86 bits per heavy atom. The molecular formula is C20H29FO. The third kappa shape index (κ3) is 1.73. The molecule has 0 N–H and O–H groups in total. The Labute approximate surface area is 133 Å².